The van der Waals surface area contributed by atoms with E-state index in [1.807, 2.05) is 62.5 Å². The number of ether oxygens (including phenoxy) is 1. The van der Waals surface area contributed by atoms with Crippen LogP contribution in [0.4, 0.5) is 5.82 Å². The van der Waals surface area contributed by atoms with Gasteiger partial charge in [0.15, 0.2) is 11.5 Å². The van der Waals surface area contributed by atoms with E-state index >= 15 is 0 Å². The maximum atomic E-state index is 13.0. The second-order valence-electron chi connectivity index (χ2n) is 7.70. The first-order chi connectivity index (χ1) is 15.8. The number of hydrogen-bond donors (Lipinski definition) is 1. The van der Waals surface area contributed by atoms with E-state index in [4.69, 9.17) is 9.26 Å². The van der Waals surface area contributed by atoms with Crippen molar-refractivity contribution in [1.82, 2.24) is 14.9 Å². The van der Waals surface area contributed by atoms with E-state index in [0.717, 1.165) is 21.3 Å². The molecule has 0 saturated carbocycles. The van der Waals surface area contributed by atoms with Crippen molar-refractivity contribution >= 4 is 43.6 Å². The molecule has 7 nitrogen and oxygen atoms in total. The van der Waals surface area contributed by atoms with Crippen LogP contribution in [0, 0.1) is 20.8 Å². The smallest absolute Gasteiger partial charge is 0.279 e. The summed E-state index contributed by atoms with van der Waals surface area (Å²) < 4.78 is 14.6. The molecular weight excluding hydrogens is 552 g/mol. The van der Waals surface area contributed by atoms with Crippen LogP contribution in [-0.2, 0) is 13.2 Å². The molecular formula is C24H22Br2N4O3. The highest BCUT2D eigenvalue weighted by Crippen LogP contribution is 2.24. The average Bonchev–Trinajstić information content (AvgIpc) is 3.32. The van der Waals surface area contributed by atoms with Crippen LogP contribution in [0.2, 0.25) is 0 Å². The molecule has 33 heavy (non-hydrogen) atoms. The van der Waals surface area contributed by atoms with E-state index in [-0.39, 0.29) is 12.3 Å². The number of benzene rings is 2. The monoisotopic (exact) mass is 572 g/mol. The Morgan fingerprint density at radius 1 is 1.09 bits per heavy atom. The van der Waals surface area contributed by atoms with Gasteiger partial charge >= 0.3 is 0 Å². The molecule has 2 aromatic carbocycles. The van der Waals surface area contributed by atoms with Crippen LogP contribution in [0.5, 0.6) is 5.75 Å². The van der Waals surface area contributed by atoms with E-state index in [9.17, 15) is 4.79 Å². The number of anilines is 1. The number of amides is 1. The Morgan fingerprint density at radius 2 is 1.85 bits per heavy atom. The fourth-order valence-corrected chi connectivity index (χ4v) is 3.88. The molecule has 0 unspecified atom stereocenters. The Labute approximate surface area is 208 Å². The van der Waals surface area contributed by atoms with E-state index < -0.39 is 5.91 Å². The molecule has 4 aromatic rings. The second kappa shape index (κ2) is 9.93. The number of halogens is 2. The molecule has 0 radical (unpaired) electrons. The predicted octanol–water partition coefficient (Wildman–Crippen LogP) is 6.20. The van der Waals surface area contributed by atoms with Crippen molar-refractivity contribution in [3.8, 4) is 5.75 Å². The third kappa shape index (κ3) is 5.54. The van der Waals surface area contributed by atoms with Crippen molar-refractivity contribution in [3.63, 3.8) is 0 Å². The van der Waals surface area contributed by atoms with Crippen LogP contribution in [0.15, 0.2) is 62.1 Å². The van der Waals surface area contributed by atoms with Crippen molar-refractivity contribution in [3.05, 3.63) is 91.3 Å². The summed E-state index contributed by atoms with van der Waals surface area (Å²) in [5, 5.41) is 11.2. The molecule has 9 heteroatoms. The zero-order valence-electron chi connectivity index (χ0n) is 18.4. The molecule has 1 N–H and O–H groups in total. The summed E-state index contributed by atoms with van der Waals surface area (Å²) in [7, 11) is 0. The first kappa shape index (κ1) is 23.3. The third-order valence-corrected chi connectivity index (χ3v) is 6.38. The summed E-state index contributed by atoms with van der Waals surface area (Å²) in [5.41, 5.74) is 4.18. The van der Waals surface area contributed by atoms with Gasteiger partial charge in [-0.25, -0.2) is 0 Å². The topological polar surface area (TPSA) is 82.2 Å². The van der Waals surface area contributed by atoms with Crippen LogP contribution in [0.1, 0.15) is 38.5 Å². The summed E-state index contributed by atoms with van der Waals surface area (Å²) in [6.45, 7) is 6.56. The normalized spacial score (nSPS) is 10.9. The van der Waals surface area contributed by atoms with E-state index in [0.29, 0.717) is 28.2 Å². The van der Waals surface area contributed by atoms with Crippen LogP contribution in [-0.4, -0.2) is 20.8 Å². The molecule has 2 heterocycles. The maximum Gasteiger partial charge on any atom is 0.279 e. The molecule has 0 bridgehead atoms. The number of aryl methyl sites for hydroxylation is 3. The first-order valence-corrected chi connectivity index (χ1v) is 11.8. The van der Waals surface area contributed by atoms with E-state index in [1.54, 1.807) is 11.6 Å². The van der Waals surface area contributed by atoms with E-state index in [2.05, 4.69) is 47.4 Å². The lowest BCUT2D eigenvalue weighted by atomic mass is 10.1. The predicted molar refractivity (Wildman–Crippen MR) is 133 cm³/mol. The molecule has 170 valence electrons. The fourth-order valence-electron chi connectivity index (χ4n) is 3.21. The molecule has 1 amide bonds. The largest absolute Gasteiger partial charge is 0.489 e. The standard InChI is InChI=1S/C24H22Br2N4O3/c1-14-4-9-19(10-15(14)2)32-13-20-16(3)33-29-22(20)24(31)27-23-21(26)12-30(28-23)11-17-5-7-18(25)8-6-17/h4-10,12H,11,13H2,1-3H3,(H,27,28,31). The maximum absolute atomic E-state index is 13.0. The van der Waals surface area contributed by atoms with Gasteiger partial charge in [-0.1, -0.05) is 39.3 Å². The van der Waals surface area contributed by atoms with Crippen molar-refractivity contribution in [2.24, 2.45) is 0 Å². The summed E-state index contributed by atoms with van der Waals surface area (Å²) in [6.07, 6.45) is 1.81. The van der Waals surface area contributed by atoms with Gasteiger partial charge in [0.05, 0.1) is 16.6 Å². The number of nitrogens with one attached hydrogen (secondary N) is 1. The molecule has 0 atom stereocenters. The summed E-state index contributed by atoms with van der Waals surface area (Å²) >= 11 is 6.90. The minimum Gasteiger partial charge on any atom is -0.489 e. The van der Waals surface area contributed by atoms with Gasteiger partial charge in [0.2, 0.25) is 0 Å². The minimum atomic E-state index is -0.417. The molecule has 2 aromatic heterocycles. The van der Waals surface area contributed by atoms with Gasteiger partial charge in [0, 0.05) is 10.7 Å². The average molecular weight is 574 g/mol. The van der Waals surface area contributed by atoms with E-state index in [1.165, 1.54) is 5.56 Å². The van der Waals surface area contributed by atoms with Crippen LogP contribution in [0.3, 0.4) is 0 Å². The number of nitrogens with zero attached hydrogens (tertiary/aromatic N) is 3. The van der Waals surface area contributed by atoms with Crippen LogP contribution >= 0.6 is 31.9 Å². The summed E-state index contributed by atoms with van der Waals surface area (Å²) in [6, 6.07) is 13.8. The van der Waals surface area contributed by atoms with Crippen molar-refractivity contribution in [2.45, 2.75) is 33.9 Å². The summed E-state index contributed by atoms with van der Waals surface area (Å²) in [4.78, 5) is 13.0. The van der Waals surface area contributed by atoms with Crippen molar-refractivity contribution < 1.29 is 14.1 Å². The fraction of sp³-hybridized carbons (Fsp3) is 0.208. The lowest BCUT2D eigenvalue weighted by Gasteiger charge is -2.09. The zero-order chi connectivity index (χ0) is 23.5. The zero-order valence-corrected chi connectivity index (χ0v) is 21.5. The summed E-state index contributed by atoms with van der Waals surface area (Å²) in [5.74, 6) is 1.24. The highest BCUT2D eigenvalue weighted by Gasteiger charge is 2.22. The third-order valence-electron chi connectivity index (χ3n) is 5.27. The lowest BCUT2D eigenvalue weighted by Crippen LogP contribution is -2.16. The van der Waals surface area contributed by atoms with Crippen molar-refractivity contribution in [2.75, 3.05) is 5.32 Å². The second-order valence-corrected chi connectivity index (χ2v) is 9.47. The lowest BCUT2D eigenvalue weighted by molar-refractivity contribution is 0.101. The Hall–Kier alpha value is -2.91. The van der Waals surface area contributed by atoms with Gasteiger partial charge < -0.3 is 14.6 Å². The highest BCUT2D eigenvalue weighted by molar-refractivity contribution is 9.10. The van der Waals surface area contributed by atoms with Gasteiger partial charge in [0.25, 0.3) is 5.91 Å². The molecule has 0 aliphatic rings. The van der Waals surface area contributed by atoms with Gasteiger partial charge in [0.1, 0.15) is 18.1 Å². The number of hydrogen-bond acceptors (Lipinski definition) is 5. The Kier molecular flexibility index (Phi) is 6.99. The Balaban J connectivity index is 1.46. The van der Waals surface area contributed by atoms with Gasteiger partial charge in [-0.05, 0) is 77.7 Å². The molecule has 0 saturated heterocycles. The van der Waals surface area contributed by atoms with Crippen LogP contribution < -0.4 is 10.1 Å². The first-order valence-electron chi connectivity index (χ1n) is 10.2. The number of carbonyl (C=O) groups is 1. The minimum absolute atomic E-state index is 0.166. The molecule has 0 spiro atoms. The Bertz CT molecular complexity index is 1300. The SMILES string of the molecule is Cc1ccc(OCc2c(C(=O)Nc3nn(Cc4ccc(Br)cc4)cc3Br)noc2C)cc1C. The molecule has 4 rings (SSSR count). The number of rotatable bonds is 7. The molecule has 0 aliphatic carbocycles. The Morgan fingerprint density at radius 3 is 2.58 bits per heavy atom. The number of carbonyl (C=O) groups excluding carboxylic acids is 1. The van der Waals surface area contributed by atoms with Crippen molar-refractivity contribution in [1.29, 1.82) is 0 Å². The van der Waals surface area contributed by atoms with Gasteiger partial charge in [-0.2, -0.15) is 5.10 Å². The molecule has 0 aliphatic heterocycles. The molecule has 0 fully saturated rings. The van der Waals surface area contributed by atoms with Crippen LogP contribution in [0.25, 0.3) is 0 Å². The van der Waals surface area contributed by atoms with Gasteiger partial charge in [-0.3, -0.25) is 9.48 Å². The quantitative estimate of drug-likeness (QED) is 0.284. The van der Waals surface area contributed by atoms with Gasteiger partial charge in [-0.15, -0.1) is 0 Å². The number of aromatic nitrogens is 3. The highest BCUT2D eigenvalue weighted by atomic mass is 79.9.